The number of carbonyl (C=O) groups excluding carboxylic acids is 1. The SMILES string of the molecule is CCc1ccc(C2CCCN2C(=O)C2CCC2C(=O)O)o1. The molecule has 0 bridgehead atoms. The topological polar surface area (TPSA) is 70.8 Å². The first-order valence-electron chi connectivity index (χ1n) is 7.73. The van der Waals surface area contributed by atoms with Gasteiger partial charge in [-0.2, -0.15) is 0 Å². The van der Waals surface area contributed by atoms with Crippen LogP contribution in [0.5, 0.6) is 0 Å². The van der Waals surface area contributed by atoms with Crippen molar-refractivity contribution in [2.45, 2.75) is 45.1 Å². The normalized spacial score (nSPS) is 28.4. The fourth-order valence-corrected chi connectivity index (χ4v) is 3.39. The van der Waals surface area contributed by atoms with Gasteiger partial charge in [0.15, 0.2) is 0 Å². The van der Waals surface area contributed by atoms with E-state index < -0.39 is 11.9 Å². The number of carboxylic acids is 1. The predicted octanol–water partition coefficient (Wildman–Crippen LogP) is 2.62. The second-order valence-electron chi connectivity index (χ2n) is 5.98. The van der Waals surface area contributed by atoms with Crippen molar-refractivity contribution in [1.29, 1.82) is 0 Å². The van der Waals surface area contributed by atoms with Crippen molar-refractivity contribution in [3.8, 4) is 0 Å². The van der Waals surface area contributed by atoms with Gasteiger partial charge in [-0.15, -0.1) is 0 Å². The van der Waals surface area contributed by atoms with E-state index in [1.54, 1.807) is 0 Å². The molecule has 1 N–H and O–H groups in total. The Morgan fingerprint density at radius 3 is 2.62 bits per heavy atom. The Hall–Kier alpha value is -1.78. The van der Waals surface area contributed by atoms with Crippen LogP contribution in [0.2, 0.25) is 0 Å². The minimum absolute atomic E-state index is 0.00871. The van der Waals surface area contributed by atoms with E-state index in [0.717, 1.165) is 30.8 Å². The second-order valence-corrected chi connectivity index (χ2v) is 5.98. The van der Waals surface area contributed by atoms with Gasteiger partial charge >= 0.3 is 5.97 Å². The summed E-state index contributed by atoms with van der Waals surface area (Å²) in [4.78, 5) is 25.6. The molecule has 3 atom stereocenters. The van der Waals surface area contributed by atoms with E-state index in [1.807, 2.05) is 24.0 Å². The van der Waals surface area contributed by atoms with Gasteiger partial charge in [0.25, 0.3) is 0 Å². The van der Waals surface area contributed by atoms with Gasteiger partial charge in [0.2, 0.25) is 5.91 Å². The van der Waals surface area contributed by atoms with Crippen LogP contribution >= 0.6 is 0 Å². The Morgan fingerprint density at radius 1 is 1.29 bits per heavy atom. The summed E-state index contributed by atoms with van der Waals surface area (Å²) in [7, 11) is 0. The molecule has 1 saturated carbocycles. The number of aliphatic carboxylic acids is 1. The lowest BCUT2D eigenvalue weighted by molar-refractivity contribution is -0.157. The van der Waals surface area contributed by atoms with Gasteiger partial charge in [-0.1, -0.05) is 6.92 Å². The van der Waals surface area contributed by atoms with Crippen LogP contribution < -0.4 is 0 Å². The van der Waals surface area contributed by atoms with E-state index in [9.17, 15) is 9.59 Å². The molecule has 0 aromatic carbocycles. The molecule has 1 saturated heterocycles. The van der Waals surface area contributed by atoms with Crippen LogP contribution in [0.15, 0.2) is 16.5 Å². The third kappa shape index (κ3) is 2.45. The number of carbonyl (C=O) groups is 2. The maximum absolute atomic E-state index is 12.6. The maximum atomic E-state index is 12.6. The monoisotopic (exact) mass is 291 g/mol. The van der Waals surface area contributed by atoms with Gasteiger partial charge in [-0.3, -0.25) is 9.59 Å². The summed E-state index contributed by atoms with van der Waals surface area (Å²) in [5.74, 6) is 0.0673. The molecule has 1 aromatic heterocycles. The zero-order chi connectivity index (χ0) is 15.0. The molecule has 5 nitrogen and oxygen atoms in total. The molecule has 0 radical (unpaired) electrons. The Labute approximate surface area is 123 Å². The number of carboxylic acid groups (broad SMARTS) is 1. The van der Waals surface area contributed by atoms with Gasteiger partial charge in [0.1, 0.15) is 11.5 Å². The minimum atomic E-state index is -0.846. The van der Waals surface area contributed by atoms with Crippen molar-refractivity contribution in [1.82, 2.24) is 4.90 Å². The molecule has 21 heavy (non-hydrogen) atoms. The highest BCUT2D eigenvalue weighted by molar-refractivity contribution is 5.86. The predicted molar refractivity (Wildman–Crippen MR) is 75.6 cm³/mol. The lowest BCUT2D eigenvalue weighted by atomic mass is 9.73. The summed E-state index contributed by atoms with van der Waals surface area (Å²) in [6.07, 6.45) is 3.99. The molecular formula is C16H21NO4. The summed E-state index contributed by atoms with van der Waals surface area (Å²) >= 11 is 0. The Bertz CT molecular complexity index is 550. The third-order valence-electron chi connectivity index (χ3n) is 4.80. The zero-order valence-electron chi connectivity index (χ0n) is 12.2. The smallest absolute Gasteiger partial charge is 0.307 e. The van der Waals surface area contributed by atoms with Crippen LogP contribution in [-0.2, 0) is 16.0 Å². The average molecular weight is 291 g/mol. The number of hydrogen-bond donors (Lipinski definition) is 1. The van der Waals surface area contributed by atoms with Crippen molar-refractivity contribution in [3.05, 3.63) is 23.7 Å². The quantitative estimate of drug-likeness (QED) is 0.925. The molecule has 1 amide bonds. The van der Waals surface area contributed by atoms with Crippen LogP contribution in [-0.4, -0.2) is 28.4 Å². The summed E-state index contributed by atoms with van der Waals surface area (Å²) in [5.41, 5.74) is 0. The van der Waals surface area contributed by atoms with E-state index in [2.05, 4.69) is 0 Å². The Morgan fingerprint density at radius 2 is 2.05 bits per heavy atom. The maximum Gasteiger partial charge on any atom is 0.307 e. The molecule has 2 heterocycles. The van der Waals surface area contributed by atoms with Crippen molar-refractivity contribution in [2.75, 3.05) is 6.54 Å². The standard InChI is InChI=1S/C16H21NO4/c1-2-10-5-8-14(21-10)13-4-3-9-17(13)15(18)11-6-7-12(11)16(19)20/h5,8,11-13H,2-4,6-7,9H2,1H3,(H,19,20). The number of aryl methyl sites for hydroxylation is 1. The largest absolute Gasteiger partial charge is 0.481 e. The number of rotatable bonds is 4. The number of amides is 1. The number of furan rings is 1. The molecular weight excluding hydrogens is 270 g/mol. The number of likely N-dealkylation sites (tertiary alicyclic amines) is 1. The fraction of sp³-hybridized carbons (Fsp3) is 0.625. The van der Waals surface area contributed by atoms with Gasteiger partial charge in [-0.05, 0) is 37.8 Å². The zero-order valence-corrected chi connectivity index (χ0v) is 12.2. The van der Waals surface area contributed by atoms with E-state index in [1.165, 1.54) is 0 Å². The molecule has 114 valence electrons. The third-order valence-corrected chi connectivity index (χ3v) is 4.80. The first-order chi connectivity index (χ1) is 10.1. The summed E-state index contributed by atoms with van der Waals surface area (Å²) in [6.45, 7) is 2.74. The average Bonchev–Trinajstić information content (AvgIpc) is 3.05. The molecule has 3 rings (SSSR count). The van der Waals surface area contributed by atoms with Crippen molar-refractivity contribution < 1.29 is 19.1 Å². The molecule has 2 fully saturated rings. The van der Waals surface area contributed by atoms with Crippen LogP contribution in [0.1, 0.15) is 50.2 Å². The molecule has 2 aliphatic rings. The van der Waals surface area contributed by atoms with Crippen LogP contribution in [0, 0.1) is 11.8 Å². The van der Waals surface area contributed by atoms with Crippen molar-refractivity contribution in [3.63, 3.8) is 0 Å². The van der Waals surface area contributed by atoms with Crippen molar-refractivity contribution in [2.24, 2.45) is 11.8 Å². The van der Waals surface area contributed by atoms with Crippen molar-refractivity contribution >= 4 is 11.9 Å². The molecule has 1 aliphatic carbocycles. The van der Waals surface area contributed by atoms with Gasteiger partial charge in [0.05, 0.1) is 17.9 Å². The second kappa shape index (κ2) is 5.54. The highest BCUT2D eigenvalue weighted by Crippen LogP contribution is 2.40. The van der Waals surface area contributed by atoms with E-state index in [-0.39, 0.29) is 17.9 Å². The summed E-state index contributed by atoms with van der Waals surface area (Å²) in [5, 5.41) is 9.12. The van der Waals surface area contributed by atoms with E-state index >= 15 is 0 Å². The minimum Gasteiger partial charge on any atom is -0.481 e. The number of hydrogen-bond acceptors (Lipinski definition) is 3. The number of nitrogens with zero attached hydrogens (tertiary/aromatic N) is 1. The van der Waals surface area contributed by atoms with Gasteiger partial charge < -0.3 is 14.4 Å². The summed E-state index contributed by atoms with van der Waals surface area (Å²) in [6, 6.07) is 3.89. The molecule has 5 heteroatoms. The lowest BCUT2D eigenvalue weighted by Gasteiger charge is -2.36. The molecule has 1 aliphatic heterocycles. The fourth-order valence-electron chi connectivity index (χ4n) is 3.39. The van der Waals surface area contributed by atoms with Gasteiger partial charge in [-0.25, -0.2) is 0 Å². The van der Waals surface area contributed by atoms with Crippen LogP contribution in [0.4, 0.5) is 0 Å². The first-order valence-corrected chi connectivity index (χ1v) is 7.73. The molecule has 1 aromatic rings. The molecule has 0 spiro atoms. The van der Waals surface area contributed by atoms with E-state index in [0.29, 0.717) is 19.4 Å². The first kappa shape index (κ1) is 14.2. The Kier molecular flexibility index (Phi) is 3.74. The van der Waals surface area contributed by atoms with E-state index in [4.69, 9.17) is 9.52 Å². The highest BCUT2D eigenvalue weighted by atomic mass is 16.4. The lowest BCUT2D eigenvalue weighted by Crippen LogP contribution is -2.45. The highest BCUT2D eigenvalue weighted by Gasteiger charge is 2.45. The van der Waals surface area contributed by atoms with Crippen LogP contribution in [0.25, 0.3) is 0 Å². The summed E-state index contributed by atoms with van der Waals surface area (Å²) < 4.78 is 5.79. The Balaban J connectivity index is 1.74. The van der Waals surface area contributed by atoms with Crippen LogP contribution in [0.3, 0.4) is 0 Å². The van der Waals surface area contributed by atoms with Gasteiger partial charge in [0, 0.05) is 13.0 Å². The molecule has 3 unspecified atom stereocenters.